The summed E-state index contributed by atoms with van der Waals surface area (Å²) in [5.41, 5.74) is 3.64. The molecule has 1 heterocycles. The van der Waals surface area contributed by atoms with Gasteiger partial charge in [-0.3, -0.25) is 4.57 Å². The van der Waals surface area contributed by atoms with E-state index in [9.17, 15) is 13.2 Å². The van der Waals surface area contributed by atoms with E-state index in [2.05, 4.69) is 16.4 Å². The third kappa shape index (κ3) is 2.99. The predicted molar refractivity (Wildman–Crippen MR) is 71.2 cm³/mol. The van der Waals surface area contributed by atoms with E-state index in [1.807, 2.05) is 19.6 Å². The summed E-state index contributed by atoms with van der Waals surface area (Å²) in [6.07, 6.45) is 1.00. The Bertz CT molecular complexity index is 675. The predicted octanol–water partition coefficient (Wildman–Crippen LogP) is 3.80. The van der Waals surface area contributed by atoms with Crippen molar-refractivity contribution in [3.63, 3.8) is 0 Å². The van der Waals surface area contributed by atoms with Crippen molar-refractivity contribution in [2.24, 2.45) is 0 Å². The van der Waals surface area contributed by atoms with Crippen LogP contribution in [-0.4, -0.2) is 17.6 Å². The average molecular weight is 282 g/mol. The molecular weight excluding hydrogens is 269 g/mol. The Hall–Kier alpha value is -1.74. The molecular formula is C13H13F3N2Si. The normalized spacial score (nSPS) is 11.7. The van der Waals surface area contributed by atoms with Crippen LogP contribution in [0.5, 0.6) is 0 Å². The smallest absolute Gasteiger partial charge is 0.273 e. The lowest BCUT2D eigenvalue weighted by molar-refractivity contribution is 0.0745. The summed E-state index contributed by atoms with van der Waals surface area (Å²) in [5, 5.41) is 0. The number of alkyl halides is 2. The van der Waals surface area contributed by atoms with Crippen LogP contribution in [0.1, 0.15) is 12.1 Å². The van der Waals surface area contributed by atoms with Gasteiger partial charge in [0.25, 0.3) is 0 Å². The molecule has 0 spiro atoms. The zero-order valence-corrected chi connectivity index (χ0v) is 11.8. The quantitative estimate of drug-likeness (QED) is 0.574. The van der Waals surface area contributed by atoms with E-state index < -0.39 is 20.4 Å². The van der Waals surface area contributed by atoms with Crippen LogP contribution in [0.15, 0.2) is 18.5 Å². The van der Waals surface area contributed by atoms with Gasteiger partial charge in [-0.15, -0.1) is 5.54 Å². The van der Waals surface area contributed by atoms with E-state index in [0.29, 0.717) is 10.1 Å². The van der Waals surface area contributed by atoms with Crippen LogP contribution in [-0.2, 0) is 0 Å². The lowest BCUT2D eigenvalue weighted by Crippen LogP contribution is -2.16. The second-order valence-corrected chi connectivity index (χ2v) is 10.0. The highest BCUT2D eigenvalue weighted by atomic mass is 28.3. The standard InChI is InChI=1S/C13H13F3N2Si/c1-19(2,3)5-4-9-6-11-12(7-10(9)14)18(8-17-11)13(15)16/h6-8,13H,1-3H3. The highest BCUT2D eigenvalue weighted by molar-refractivity contribution is 6.83. The molecule has 0 radical (unpaired) electrons. The Morgan fingerprint density at radius 3 is 2.53 bits per heavy atom. The number of hydrogen-bond donors (Lipinski definition) is 0. The first-order chi connectivity index (χ1) is 8.78. The fourth-order valence-corrected chi connectivity index (χ4v) is 2.06. The summed E-state index contributed by atoms with van der Waals surface area (Å²) in [6.45, 7) is 3.40. The van der Waals surface area contributed by atoms with Gasteiger partial charge < -0.3 is 0 Å². The Labute approximate surface area is 110 Å². The van der Waals surface area contributed by atoms with Gasteiger partial charge >= 0.3 is 6.55 Å². The molecule has 0 bridgehead atoms. The summed E-state index contributed by atoms with van der Waals surface area (Å²) in [7, 11) is -1.62. The molecule has 0 aliphatic heterocycles. The first-order valence-electron chi connectivity index (χ1n) is 5.75. The van der Waals surface area contributed by atoms with E-state index in [-0.39, 0.29) is 11.1 Å². The molecule has 100 valence electrons. The largest absolute Gasteiger partial charge is 0.320 e. The Morgan fingerprint density at radius 1 is 1.26 bits per heavy atom. The third-order valence-corrected chi connectivity index (χ3v) is 3.32. The van der Waals surface area contributed by atoms with Crippen LogP contribution in [0, 0.1) is 17.3 Å². The number of aromatic nitrogens is 2. The molecule has 0 saturated carbocycles. The number of fused-ring (bicyclic) bond motifs is 1. The maximum atomic E-state index is 13.8. The molecule has 0 N–H and O–H groups in total. The number of rotatable bonds is 1. The van der Waals surface area contributed by atoms with Crippen LogP contribution in [0.3, 0.4) is 0 Å². The van der Waals surface area contributed by atoms with Crippen molar-refractivity contribution in [3.05, 3.63) is 29.8 Å². The summed E-state index contributed by atoms with van der Waals surface area (Å²) in [4.78, 5) is 3.85. The van der Waals surface area contributed by atoms with Gasteiger partial charge in [0.2, 0.25) is 0 Å². The number of hydrogen-bond acceptors (Lipinski definition) is 1. The lowest BCUT2D eigenvalue weighted by atomic mass is 10.2. The van der Waals surface area contributed by atoms with Crippen molar-refractivity contribution >= 4 is 19.1 Å². The number of imidazole rings is 1. The molecule has 2 nitrogen and oxygen atoms in total. The topological polar surface area (TPSA) is 17.8 Å². The molecule has 0 aliphatic carbocycles. The van der Waals surface area contributed by atoms with Gasteiger partial charge in [-0.05, 0) is 6.07 Å². The van der Waals surface area contributed by atoms with Crippen LogP contribution in [0.2, 0.25) is 19.6 Å². The highest BCUT2D eigenvalue weighted by Crippen LogP contribution is 2.22. The molecule has 2 rings (SSSR count). The molecule has 19 heavy (non-hydrogen) atoms. The molecule has 0 atom stereocenters. The van der Waals surface area contributed by atoms with Gasteiger partial charge in [0.15, 0.2) is 0 Å². The maximum absolute atomic E-state index is 13.8. The van der Waals surface area contributed by atoms with Gasteiger partial charge in [0, 0.05) is 6.07 Å². The number of halogens is 3. The molecule has 0 fully saturated rings. The second-order valence-electron chi connectivity index (χ2n) is 5.25. The third-order valence-electron chi connectivity index (χ3n) is 2.45. The molecule has 1 aromatic heterocycles. The minimum absolute atomic E-state index is 0.0750. The fraction of sp³-hybridized carbons (Fsp3) is 0.308. The monoisotopic (exact) mass is 282 g/mol. The van der Waals surface area contributed by atoms with Gasteiger partial charge in [0.1, 0.15) is 20.2 Å². The second kappa shape index (κ2) is 4.74. The van der Waals surface area contributed by atoms with Gasteiger partial charge in [0.05, 0.1) is 16.6 Å². The van der Waals surface area contributed by atoms with E-state index >= 15 is 0 Å². The van der Waals surface area contributed by atoms with Crippen LogP contribution in [0.25, 0.3) is 11.0 Å². The van der Waals surface area contributed by atoms with E-state index in [1.165, 1.54) is 6.07 Å². The van der Waals surface area contributed by atoms with Crippen molar-refractivity contribution in [3.8, 4) is 11.5 Å². The van der Waals surface area contributed by atoms with Gasteiger partial charge in [-0.2, -0.15) is 8.78 Å². The first-order valence-corrected chi connectivity index (χ1v) is 9.25. The number of benzene rings is 1. The van der Waals surface area contributed by atoms with E-state index in [4.69, 9.17) is 0 Å². The zero-order chi connectivity index (χ0) is 14.2. The molecule has 0 aliphatic rings. The summed E-state index contributed by atoms with van der Waals surface area (Å²) in [6, 6.07) is 2.47. The average Bonchev–Trinajstić information content (AvgIpc) is 2.67. The van der Waals surface area contributed by atoms with Crippen molar-refractivity contribution in [2.45, 2.75) is 26.2 Å². The van der Waals surface area contributed by atoms with Crippen LogP contribution < -0.4 is 0 Å². The fourth-order valence-electron chi connectivity index (χ4n) is 1.55. The molecule has 6 heteroatoms. The molecule has 0 unspecified atom stereocenters. The van der Waals surface area contributed by atoms with E-state index in [0.717, 1.165) is 12.4 Å². The Kier molecular flexibility index (Phi) is 3.41. The summed E-state index contributed by atoms with van der Waals surface area (Å²) >= 11 is 0. The minimum Gasteiger partial charge on any atom is -0.273 e. The molecule has 0 saturated heterocycles. The van der Waals surface area contributed by atoms with Crippen LogP contribution >= 0.6 is 0 Å². The Balaban J connectivity index is 2.54. The summed E-state index contributed by atoms with van der Waals surface area (Å²) < 4.78 is 39.8. The van der Waals surface area contributed by atoms with Crippen LogP contribution in [0.4, 0.5) is 13.2 Å². The first kappa shape index (κ1) is 13.7. The van der Waals surface area contributed by atoms with E-state index in [1.54, 1.807) is 0 Å². The molecule has 2 aromatic rings. The van der Waals surface area contributed by atoms with Crippen molar-refractivity contribution in [2.75, 3.05) is 0 Å². The molecule has 1 aromatic carbocycles. The summed E-state index contributed by atoms with van der Waals surface area (Å²) in [5.74, 6) is 2.19. The lowest BCUT2D eigenvalue weighted by Gasteiger charge is -2.04. The molecule has 0 amide bonds. The minimum atomic E-state index is -2.73. The van der Waals surface area contributed by atoms with Crippen molar-refractivity contribution in [1.82, 2.24) is 9.55 Å². The zero-order valence-electron chi connectivity index (χ0n) is 10.8. The van der Waals surface area contributed by atoms with Crippen molar-refractivity contribution < 1.29 is 13.2 Å². The highest BCUT2D eigenvalue weighted by Gasteiger charge is 2.14. The van der Waals surface area contributed by atoms with Gasteiger partial charge in [-0.1, -0.05) is 25.6 Å². The van der Waals surface area contributed by atoms with Crippen molar-refractivity contribution in [1.29, 1.82) is 0 Å². The number of nitrogens with zero attached hydrogens (tertiary/aromatic N) is 2. The Morgan fingerprint density at radius 2 is 1.95 bits per heavy atom. The maximum Gasteiger partial charge on any atom is 0.320 e. The van der Waals surface area contributed by atoms with Gasteiger partial charge in [-0.25, -0.2) is 9.37 Å². The SMILES string of the molecule is C[Si](C)(C)C#Cc1cc2ncn(C(F)F)c2cc1F.